The van der Waals surface area contributed by atoms with Gasteiger partial charge in [-0.15, -0.1) is 6.58 Å². The molecule has 1 N–H and O–H groups in total. The smallest absolute Gasteiger partial charge is 0.142 e. The lowest BCUT2D eigenvalue weighted by molar-refractivity contribution is 0.585. The van der Waals surface area contributed by atoms with Crippen molar-refractivity contribution in [1.29, 1.82) is 0 Å². The molecule has 1 aromatic carbocycles. The summed E-state index contributed by atoms with van der Waals surface area (Å²) in [5.74, 6) is 1.47. The summed E-state index contributed by atoms with van der Waals surface area (Å²) in [5.41, 5.74) is 0.729. The highest BCUT2D eigenvalue weighted by Gasteiger charge is 2.12. The molecule has 0 radical (unpaired) electrons. The van der Waals surface area contributed by atoms with E-state index in [2.05, 4.69) is 11.9 Å². The Balaban J connectivity index is 2.53. The predicted octanol–water partition coefficient (Wildman–Crippen LogP) is 4.70. The Morgan fingerprint density at radius 3 is 2.83 bits per heavy atom. The van der Waals surface area contributed by atoms with Crippen molar-refractivity contribution in [2.75, 3.05) is 18.1 Å². The van der Waals surface area contributed by atoms with Crippen molar-refractivity contribution < 1.29 is 4.39 Å². The van der Waals surface area contributed by atoms with Gasteiger partial charge >= 0.3 is 0 Å². The molecule has 0 amide bonds. The van der Waals surface area contributed by atoms with Crippen LogP contribution < -0.4 is 5.32 Å². The number of rotatable bonds is 7. The van der Waals surface area contributed by atoms with Gasteiger partial charge in [-0.25, -0.2) is 4.39 Å². The third kappa shape index (κ3) is 4.81. The summed E-state index contributed by atoms with van der Waals surface area (Å²) in [5, 5.41) is 3.84. The highest BCUT2D eigenvalue weighted by atomic mass is 35.5. The van der Waals surface area contributed by atoms with Crippen molar-refractivity contribution >= 4 is 35.0 Å². The van der Waals surface area contributed by atoms with Gasteiger partial charge in [0.2, 0.25) is 0 Å². The number of nitrogens with one attached hydrogen (secondary N) is 1. The SMILES string of the molecule is C=CCSCCNC(C)c1cc(F)c(Cl)cc1Cl. The summed E-state index contributed by atoms with van der Waals surface area (Å²) in [4.78, 5) is 0. The first kappa shape index (κ1) is 15.8. The molecule has 0 saturated carbocycles. The molecule has 0 heterocycles. The monoisotopic (exact) mass is 307 g/mol. The first-order valence-corrected chi connectivity index (χ1v) is 7.53. The quantitative estimate of drug-likeness (QED) is 0.445. The molecule has 1 rings (SSSR count). The first-order chi connectivity index (χ1) is 8.56. The van der Waals surface area contributed by atoms with Gasteiger partial charge in [-0.1, -0.05) is 29.3 Å². The summed E-state index contributed by atoms with van der Waals surface area (Å²) in [7, 11) is 0. The molecule has 1 unspecified atom stereocenters. The van der Waals surface area contributed by atoms with E-state index < -0.39 is 5.82 Å². The molecular formula is C13H16Cl2FNS. The first-order valence-electron chi connectivity index (χ1n) is 5.62. The van der Waals surface area contributed by atoms with E-state index in [1.807, 2.05) is 13.0 Å². The molecule has 1 aromatic rings. The Bertz CT molecular complexity index is 412. The van der Waals surface area contributed by atoms with Gasteiger partial charge < -0.3 is 5.32 Å². The molecule has 100 valence electrons. The minimum absolute atomic E-state index is 0.00593. The Morgan fingerprint density at radius 1 is 1.44 bits per heavy atom. The fraction of sp³-hybridized carbons (Fsp3) is 0.385. The normalized spacial score (nSPS) is 12.4. The zero-order chi connectivity index (χ0) is 13.5. The summed E-state index contributed by atoms with van der Waals surface area (Å²) >= 11 is 13.5. The molecule has 5 heteroatoms. The fourth-order valence-corrected chi connectivity index (χ4v) is 2.64. The summed E-state index contributed by atoms with van der Waals surface area (Å²) in [6, 6.07) is 2.83. The van der Waals surface area contributed by atoms with E-state index in [4.69, 9.17) is 23.2 Å². The van der Waals surface area contributed by atoms with Gasteiger partial charge in [0, 0.05) is 29.1 Å². The molecule has 0 spiro atoms. The number of benzene rings is 1. The van der Waals surface area contributed by atoms with E-state index >= 15 is 0 Å². The van der Waals surface area contributed by atoms with Gasteiger partial charge in [0.1, 0.15) is 5.82 Å². The van der Waals surface area contributed by atoms with Crippen LogP contribution in [0.25, 0.3) is 0 Å². The molecule has 0 fully saturated rings. The molecule has 0 aliphatic carbocycles. The van der Waals surface area contributed by atoms with Crippen LogP contribution in [-0.2, 0) is 0 Å². The van der Waals surface area contributed by atoms with Gasteiger partial charge in [0.25, 0.3) is 0 Å². The third-order valence-electron chi connectivity index (χ3n) is 2.44. The van der Waals surface area contributed by atoms with E-state index in [0.717, 1.165) is 23.6 Å². The highest BCUT2D eigenvalue weighted by molar-refractivity contribution is 7.99. The van der Waals surface area contributed by atoms with Crippen LogP contribution in [0.15, 0.2) is 24.8 Å². The van der Waals surface area contributed by atoms with E-state index in [1.165, 1.54) is 12.1 Å². The van der Waals surface area contributed by atoms with E-state index in [1.54, 1.807) is 11.8 Å². The van der Waals surface area contributed by atoms with Crippen LogP contribution in [0, 0.1) is 5.82 Å². The van der Waals surface area contributed by atoms with E-state index in [-0.39, 0.29) is 11.1 Å². The lowest BCUT2D eigenvalue weighted by Crippen LogP contribution is -2.21. The van der Waals surface area contributed by atoms with Crippen LogP contribution in [0.2, 0.25) is 10.0 Å². The second-order valence-electron chi connectivity index (χ2n) is 3.83. The van der Waals surface area contributed by atoms with Gasteiger partial charge in [-0.3, -0.25) is 0 Å². The topological polar surface area (TPSA) is 12.0 Å². The number of thioether (sulfide) groups is 1. The maximum Gasteiger partial charge on any atom is 0.142 e. The molecule has 0 aliphatic heterocycles. The van der Waals surface area contributed by atoms with E-state index in [9.17, 15) is 4.39 Å². The molecule has 1 atom stereocenters. The third-order valence-corrected chi connectivity index (χ3v) is 4.02. The van der Waals surface area contributed by atoms with Crippen molar-refractivity contribution in [3.8, 4) is 0 Å². The maximum atomic E-state index is 13.4. The minimum atomic E-state index is -0.439. The lowest BCUT2D eigenvalue weighted by atomic mass is 10.1. The molecule has 0 aliphatic rings. The molecule has 0 aromatic heterocycles. The van der Waals surface area contributed by atoms with Gasteiger partial charge in [-0.2, -0.15) is 11.8 Å². The van der Waals surface area contributed by atoms with Crippen LogP contribution in [0.3, 0.4) is 0 Å². The van der Waals surface area contributed by atoms with Crippen LogP contribution in [0.1, 0.15) is 18.5 Å². The fourth-order valence-electron chi connectivity index (χ4n) is 1.49. The predicted molar refractivity (Wildman–Crippen MR) is 80.4 cm³/mol. The average Bonchev–Trinajstić information content (AvgIpc) is 2.33. The Kier molecular flexibility index (Phi) is 7.08. The standard InChI is InChI=1S/C13H16Cl2FNS/c1-3-5-18-6-4-17-9(2)10-7-13(16)12(15)8-11(10)14/h3,7-9,17H,1,4-6H2,2H3. The lowest BCUT2D eigenvalue weighted by Gasteiger charge is -2.16. The van der Waals surface area contributed by atoms with Crippen molar-refractivity contribution in [3.05, 3.63) is 46.2 Å². The van der Waals surface area contributed by atoms with Gasteiger partial charge in [0.05, 0.1) is 5.02 Å². The number of halogens is 3. The summed E-state index contributed by atoms with van der Waals surface area (Å²) < 4.78 is 13.4. The van der Waals surface area contributed by atoms with Crippen molar-refractivity contribution in [1.82, 2.24) is 5.32 Å². The molecular weight excluding hydrogens is 292 g/mol. The highest BCUT2D eigenvalue weighted by Crippen LogP contribution is 2.28. The Hall–Kier alpha value is -0.220. The van der Waals surface area contributed by atoms with Crippen molar-refractivity contribution in [3.63, 3.8) is 0 Å². The molecule has 0 bridgehead atoms. The second-order valence-corrected chi connectivity index (χ2v) is 5.79. The van der Waals surface area contributed by atoms with Crippen molar-refractivity contribution in [2.45, 2.75) is 13.0 Å². The zero-order valence-corrected chi connectivity index (χ0v) is 12.5. The molecule has 1 nitrogen and oxygen atoms in total. The number of hydrogen-bond donors (Lipinski definition) is 1. The van der Waals surface area contributed by atoms with E-state index in [0.29, 0.717) is 5.02 Å². The molecule has 18 heavy (non-hydrogen) atoms. The largest absolute Gasteiger partial charge is 0.309 e. The van der Waals surface area contributed by atoms with Gasteiger partial charge in [-0.05, 0) is 24.6 Å². The van der Waals surface area contributed by atoms with Gasteiger partial charge in [0.15, 0.2) is 0 Å². The second kappa shape index (κ2) is 8.05. The minimum Gasteiger partial charge on any atom is -0.309 e. The zero-order valence-electron chi connectivity index (χ0n) is 10.2. The number of hydrogen-bond acceptors (Lipinski definition) is 2. The van der Waals surface area contributed by atoms with Crippen LogP contribution in [-0.4, -0.2) is 18.1 Å². The summed E-state index contributed by atoms with van der Waals surface area (Å²) in [6.45, 7) is 6.44. The van der Waals surface area contributed by atoms with Crippen LogP contribution in [0.5, 0.6) is 0 Å². The Morgan fingerprint density at radius 2 is 2.17 bits per heavy atom. The van der Waals surface area contributed by atoms with Crippen LogP contribution >= 0.6 is 35.0 Å². The average molecular weight is 308 g/mol. The Labute approximate surface area is 122 Å². The van der Waals surface area contributed by atoms with Crippen molar-refractivity contribution in [2.24, 2.45) is 0 Å². The molecule has 0 saturated heterocycles. The van der Waals surface area contributed by atoms with Crippen LogP contribution in [0.4, 0.5) is 4.39 Å². The maximum absolute atomic E-state index is 13.4. The summed E-state index contributed by atoms with van der Waals surface area (Å²) in [6.07, 6.45) is 1.87.